The van der Waals surface area contributed by atoms with Gasteiger partial charge in [-0.25, -0.2) is 4.98 Å². The Kier molecular flexibility index (Phi) is 4.07. The number of H-pyrrole nitrogens is 1. The van der Waals surface area contributed by atoms with Crippen LogP contribution in [0.5, 0.6) is 0 Å². The minimum Gasteiger partial charge on any atom is -0.383 e. The molecule has 0 unspecified atom stereocenters. The van der Waals surface area contributed by atoms with Crippen molar-refractivity contribution < 1.29 is 4.74 Å². The normalized spacial score (nSPS) is 12.8. The van der Waals surface area contributed by atoms with Crippen LogP contribution in [-0.2, 0) is 4.74 Å². The van der Waals surface area contributed by atoms with Crippen molar-refractivity contribution in [1.82, 2.24) is 15.3 Å². The van der Waals surface area contributed by atoms with E-state index in [0.717, 1.165) is 5.52 Å². The highest BCUT2D eigenvalue weighted by Crippen LogP contribution is 2.10. The monoisotopic (exact) mass is 247 g/mol. The van der Waals surface area contributed by atoms with Gasteiger partial charge in [0.2, 0.25) is 0 Å². The second-order valence-electron chi connectivity index (χ2n) is 4.14. The molecule has 5 nitrogen and oxygen atoms in total. The molecule has 0 aliphatic carbocycles. The number of ether oxygens (including phenoxy) is 1. The molecular weight excluding hydrogens is 230 g/mol. The quantitative estimate of drug-likeness (QED) is 0.780. The molecule has 0 radical (unpaired) electrons. The van der Waals surface area contributed by atoms with Crippen LogP contribution in [0.25, 0.3) is 10.9 Å². The van der Waals surface area contributed by atoms with Crippen molar-refractivity contribution in [3.8, 4) is 0 Å². The maximum Gasteiger partial charge on any atom is 0.258 e. The molecule has 0 amide bonds. The van der Waals surface area contributed by atoms with E-state index in [4.69, 9.17) is 4.74 Å². The van der Waals surface area contributed by atoms with Crippen molar-refractivity contribution in [2.75, 3.05) is 20.3 Å². The van der Waals surface area contributed by atoms with Crippen molar-refractivity contribution in [1.29, 1.82) is 0 Å². The van der Waals surface area contributed by atoms with Crippen molar-refractivity contribution in [2.45, 2.75) is 13.0 Å². The fraction of sp³-hybridized carbons (Fsp3) is 0.385. The molecule has 1 aromatic heterocycles. The maximum absolute atomic E-state index is 11.9. The summed E-state index contributed by atoms with van der Waals surface area (Å²) >= 11 is 0. The lowest BCUT2D eigenvalue weighted by Crippen LogP contribution is -2.26. The van der Waals surface area contributed by atoms with Gasteiger partial charge in [-0.1, -0.05) is 12.1 Å². The Morgan fingerprint density at radius 3 is 3.00 bits per heavy atom. The smallest absolute Gasteiger partial charge is 0.258 e. The molecule has 0 fully saturated rings. The summed E-state index contributed by atoms with van der Waals surface area (Å²) in [5, 5.41) is 3.85. The zero-order valence-electron chi connectivity index (χ0n) is 10.6. The van der Waals surface area contributed by atoms with Crippen LogP contribution >= 0.6 is 0 Å². The second-order valence-corrected chi connectivity index (χ2v) is 4.14. The zero-order valence-corrected chi connectivity index (χ0v) is 10.6. The molecular formula is C13H17N3O2. The van der Waals surface area contributed by atoms with Crippen LogP contribution in [0.2, 0.25) is 0 Å². The molecule has 18 heavy (non-hydrogen) atoms. The highest BCUT2D eigenvalue weighted by Gasteiger charge is 2.09. The second kappa shape index (κ2) is 5.75. The van der Waals surface area contributed by atoms with Gasteiger partial charge < -0.3 is 15.0 Å². The Balaban J connectivity index is 2.26. The Labute approximate surface area is 105 Å². The summed E-state index contributed by atoms with van der Waals surface area (Å²) in [6.45, 7) is 3.30. The van der Waals surface area contributed by atoms with E-state index in [-0.39, 0.29) is 11.6 Å². The van der Waals surface area contributed by atoms with Crippen molar-refractivity contribution in [3.05, 3.63) is 40.4 Å². The number of nitrogens with one attached hydrogen (secondary N) is 2. The standard InChI is InChI=1S/C13H17N3O2/c1-9(14-7-8-18-2)12-15-11-6-4-3-5-10(11)13(17)16-12/h3-6,9,14H,7-8H2,1-2H3,(H,15,16,17)/t9-/m1/s1. The van der Waals surface area contributed by atoms with Gasteiger partial charge in [0, 0.05) is 13.7 Å². The van der Waals surface area contributed by atoms with Gasteiger partial charge in [0.15, 0.2) is 0 Å². The van der Waals surface area contributed by atoms with Crippen LogP contribution in [0.1, 0.15) is 18.8 Å². The molecule has 0 bridgehead atoms. The van der Waals surface area contributed by atoms with E-state index < -0.39 is 0 Å². The van der Waals surface area contributed by atoms with Gasteiger partial charge in [0.25, 0.3) is 5.56 Å². The minimum atomic E-state index is -0.101. The number of hydrogen-bond donors (Lipinski definition) is 2. The highest BCUT2D eigenvalue weighted by molar-refractivity contribution is 5.77. The molecule has 2 aromatic rings. The topological polar surface area (TPSA) is 67.0 Å². The third kappa shape index (κ3) is 2.75. The molecule has 1 aromatic carbocycles. The van der Waals surface area contributed by atoms with Crippen LogP contribution in [0, 0.1) is 0 Å². The van der Waals surface area contributed by atoms with E-state index >= 15 is 0 Å². The van der Waals surface area contributed by atoms with E-state index in [9.17, 15) is 4.79 Å². The number of para-hydroxylation sites is 1. The minimum absolute atomic E-state index is 0.0162. The molecule has 5 heteroatoms. The molecule has 0 spiro atoms. The predicted molar refractivity (Wildman–Crippen MR) is 70.7 cm³/mol. The number of benzene rings is 1. The first-order chi connectivity index (χ1) is 8.72. The predicted octanol–water partition coefficient (Wildman–Crippen LogP) is 1.22. The van der Waals surface area contributed by atoms with E-state index in [2.05, 4.69) is 15.3 Å². The van der Waals surface area contributed by atoms with Crippen molar-refractivity contribution >= 4 is 10.9 Å². The average molecular weight is 247 g/mol. The van der Waals surface area contributed by atoms with E-state index in [1.54, 1.807) is 13.2 Å². The summed E-state index contributed by atoms with van der Waals surface area (Å²) in [4.78, 5) is 19.1. The average Bonchev–Trinajstić information content (AvgIpc) is 2.39. The summed E-state index contributed by atoms with van der Waals surface area (Å²) in [6, 6.07) is 7.31. The first-order valence-electron chi connectivity index (χ1n) is 5.93. The van der Waals surface area contributed by atoms with Gasteiger partial charge in [0.05, 0.1) is 23.6 Å². The molecule has 2 N–H and O–H groups in total. The fourth-order valence-corrected chi connectivity index (χ4v) is 1.78. The molecule has 0 aliphatic rings. The van der Waals surface area contributed by atoms with Crippen LogP contribution in [-0.4, -0.2) is 30.2 Å². The Hall–Kier alpha value is -1.72. The van der Waals surface area contributed by atoms with E-state index in [0.29, 0.717) is 24.4 Å². The SMILES string of the molecule is COCCN[C@H](C)c1nc2ccccc2c(=O)[nH]1. The lowest BCUT2D eigenvalue weighted by atomic mass is 10.2. The lowest BCUT2D eigenvalue weighted by Gasteiger charge is -2.13. The summed E-state index contributed by atoms with van der Waals surface area (Å²) in [5.74, 6) is 0.648. The first-order valence-corrected chi connectivity index (χ1v) is 5.93. The van der Waals surface area contributed by atoms with Gasteiger partial charge in [-0.3, -0.25) is 4.79 Å². The molecule has 96 valence electrons. The molecule has 0 aliphatic heterocycles. The Morgan fingerprint density at radius 1 is 1.44 bits per heavy atom. The number of rotatable bonds is 5. The van der Waals surface area contributed by atoms with E-state index in [1.807, 2.05) is 25.1 Å². The number of nitrogens with zero attached hydrogens (tertiary/aromatic N) is 1. The van der Waals surface area contributed by atoms with Gasteiger partial charge >= 0.3 is 0 Å². The Bertz CT molecular complexity index is 580. The van der Waals surface area contributed by atoms with Crippen molar-refractivity contribution in [2.24, 2.45) is 0 Å². The number of aromatic nitrogens is 2. The van der Waals surface area contributed by atoms with Gasteiger partial charge in [-0.2, -0.15) is 0 Å². The van der Waals surface area contributed by atoms with Crippen LogP contribution in [0.15, 0.2) is 29.1 Å². The van der Waals surface area contributed by atoms with Gasteiger partial charge in [-0.15, -0.1) is 0 Å². The van der Waals surface area contributed by atoms with Crippen LogP contribution in [0.4, 0.5) is 0 Å². The molecule has 0 saturated heterocycles. The summed E-state index contributed by atoms with van der Waals surface area (Å²) in [7, 11) is 1.66. The number of hydrogen-bond acceptors (Lipinski definition) is 4. The lowest BCUT2D eigenvalue weighted by molar-refractivity contribution is 0.196. The molecule has 2 rings (SSSR count). The van der Waals surface area contributed by atoms with Crippen LogP contribution < -0.4 is 10.9 Å². The van der Waals surface area contributed by atoms with Gasteiger partial charge in [-0.05, 0) is 19.1 Å². The first kappa shape index (κ1) is 12.7. The molecule has 1 heterocycles. The highest BCUT2D eigenvalue weighted by atomic mass is 16.5. The third-order valence-electron chi connectivity index (χ3n) is 2.80. The van der Waals surface area contributed by atoms with E-state index in [1.165, 1.54) is 0 Å². The molecule has 0 saturated carbocycles. The summed E-state index contributed by atoms with van der Waals surface area (Å²) in [5.41, 5.74) is 0.618. The fourth-order valence-electron chi connectivity index (χ4n) is 1.78. The van der Waals surface area contributed by atoms with Crippen LogP contribution in [0.3, 0.4) is 0 Å². The van der Waals surface area contributed by atoms with Crippen molar-refractivity contribution in [3.63, 3.8) is 0 Å². The zero-order chi connectivity index (χ0) is 13.0. The summed E-state index contributed by atoms with van der Waals surface area (Å²) < 4.78 is 4.97. The summed E-state index contributed by atoms with van der Waals surface area (Å²) in [6.07, 6.45) is 0. The molecule has 1 atom stereocenters. The third-order valence-corrected chi connectivity index (χ3v) is 2.80. The Morgan fingerprint density at radius 2 is 2.22 bits per heavy atom. The maximum atomic E-state index is 11.9. The van der Waals surface area contributed by atoms with Gasteiger partial charge in [0.1, 0.15) is 5.82 Å². The largest absolute Gasteiger partial charge is 0.383 e. The number of methoxy groups -OCH3 is 1. The number of fused-ring (bicyclic) bond motifs is 1. The number of aromatic amines is 1.